The minimum atomic E-state index is -0.431. The number of nitrogens with zero attached hydrogens (tertiary/aromatic N) is 3. The molecule has 0 fully saturated rings. The number of halogens is 1. The SMILES string of the molecule is Cc1ccccc1-n1c(/C=C/c2ccccc2[N+](=O)[O-])nc2ccc(Br)cc2c1=O. The van der Waals surface area contributed by atoms with E-state index in [0.717, 1.165) is 10.0 Å². The Kier molecular flexibility index (Phi) is 5.29. The first kappa shape index (κ1) is 19.7. The lowest BCUT2D eigenvalue weighted by molar-refractivity contribution is -0.385. The van der Waals surface area contributed by atoms with Gasteiger partial charge >= 0.3 is 0 Å². The molecule has 7 heteroatoms. The van der Waals surface area contributed by atoms with Gasteiger partial charge in [0.05, 0.1) is 27.1 Å². The number of rotatable bonds is 4. The number of nitro benzene ring substituents is 1. The third-order valence-corrected chi connectivity index (χ3v) is 5.25. The van der Waals surface area contributed by atoms with Crippen LogP contribution in [0.4, 0.5) is 5.69 Å². The zero-order valence-corrected chi connectivity index (χ0v) is 17.5. The second-order valence-electron chi connectivity index (χ2n) is 6.71. The van der Waals surface area contributed by atoms with Gasteiger partial charge in [-0.15, -0.1) is 0 Å². The van der Waals surface area contributed by atoms with Crippen molar-refractivity contribution in [3.05, 3.63) is 109 Å². The van der Waals surface area contributed by atoms with Crippen molar-refractivity contribution in [2.45, 2.75) is 6.92 Å². The Morgan fingerprint density at radius 2 is 1.77 bits per heavy atom. The lowest BCUT2D eigenvalue weighted by atomic mass is 10.1. The summed E-state index contributed by atoms with van der Waals surface area (Å²) in [6, 6.07) is 19.3. The van der Waals surface area contributed by atoms with Crippen LogP contribution in [0.25, 0.3) is 28.7 Å². The molecule has 1 aromatic heterocycles. The standard InChI is InChI=1S/C23H16BrN3O3/c1-15-6-2-4-8-20(15)26-22(13-10-16-7-3-5-9-21(16)27(29)30)25-19-12-11-17(24)14-18(19)23(26)28/h2-14H,1H3/b13-10+. The van der Waals surface area contributed by atoms with Gasteiger partial charge in [0.2, 0.25) is 0 Å². The van der Waals surface area contributed by atoms with Crippen molar-refractivity contribution in [2.75, 3.05) is 0 Å². The first-order chi connectivity index (χ1) is 14.5. The average Bonchev–Trinajstić information content (AvgIpc) is 2.74. The highest BCUT2D eigenvalue weighted by Crippen LogP contribution is 2.23. The van der Waals surface area contributed by atoms with Gasteiger partial charge in [0.25, 0.3) is 11.2 Å². The van der Waals surface area contributed by atoms with Gasteiger partial charge in [-0.3, -0.25) is 19.5 Å². The molecule has 148 valence electrons. The van der Waals surface area contributed by atoms with E-state index < -0.39 is 4.92 Å². The van der Waals surface area contributed by atoms with Crippen LogP contribution in [0, 0.1) is 17.0 Å². The average molecular weight is 462 g/mol. The van der Waals surface area contributed by atoms with Crippen molar-refractivity contribution < 1.29 is 4.92 Å². The third-order valence-electron chi connectivity index (χ3n) is 4.76. The van der Waals surface area contributed by atoms with E-state index >= 15 is 0 Å². The molecule has 1 heterocycles. The van der Waals surface area contributed by atoms with E-state index in [9.17, 15) is 14.9 Å². The molecular formula is C23H16BrN3O3. The van der Waals surface area contributed by atoms with Gasteiger partial charge in [0.15, 0.2) is 0 Å². The Hall–Kier alpha value is -3.58. The van der Waals surface area contributed by atoms with Crippen LogP contribution in [-0.2, 0) is 0 Å². The maximum Gasteiger partial charge on any atom is 0.276 e. The van der Waals surface area contributed by atoms with Gasteiger partial charge in [-0.05, 0) is 55.0 Å². The van der Waals surface area contributed by atoms with Crippen molar-refractivity contribution >= 4 is 44.7 Å². The number of aryl methyl sites for hydroxylation is 1. The van der Waals surface area contributed by atoms with Crippen LogP contribution in [0.1, 0.15) is 17.0 Å². The van der Waals surface area contributed by atoms with Gasteiger partial charge < -0.3 is 0 Å². The molecule has 3 aromatic carbocycles. The molecule has 0 aliphatic rings. The molecule has 4 rings (SSSR count). The van der Waals surface area contributed by atoms with E-state index in [1.807, 2.05) is 37.3 Å². The summed E-state index contributed by atoms with van der Waals surface area (Å²) in [5, 5.41) is 11.8. The van der Waals surface area contributed by atoms with Gasteiger partial charge in [-0.1, -0.05) is 46.3 Å². The van der Waals surface area contributed by atoms with E-state index in [0.29, 0.717) is 28.0 Å². The fourth-order valence-corrected chi connectivity index (χ4v) is 3.65. The molecule has 30 heavy (non-hydrogen) atoms. The van der Waals surface area contributed by atoms with Crippen LogP contribution in [0.3, 0.4) is 0 Å². The molecule has 0 radical (unpaired) electrons. The Bertz CT molecular complexity index is 1380. The molecule has 0 atom stereocenters. The Morgan fingerprint density at radius 1 is 1.03 bits per heavy atom. The minimum absolute atomic E-state index is 0.0109. The molecule has 0 saturated heterocycles. The van der Waals surface area contributed by atoms with Gasteiger partial charge in [-0.25, -0.2) is 4.98 Å². The van der Waals surface area contributed by atoms with E-state index in [1.54, 1.807) is 42.5 Å². The maximum absolute atomic E-state index is 13.4. The first-order valence-corrected chi connectivity index (χ1v) is 9.95. The van der Waals surface area contributed by atoms with Crippen molar-refractivity contribution in [1.82, 2.24) is 9.55 Å². The molecule has 4 aromatic rings. The molecule has 0 aliphatic carbocycles. The molecule has 0 N–H and O–H groups in total. The summed E-state index contributed by atoms with van der Waals surface area (Å²) in [5.74, 6) is 0.391. The normalized spacial score (nSPS) is 11.3. The molecule has 0 amide bonds. The number of nitro groups is 1. The second kappa shape index (κ2) is 8.04. The second-order valence-corrected chi connectivity index (χ2v) is 7.62. The lowest BCUT2D eigenvalue weighted by Crippen LogP contribution is -2.23. The van der Waals surface area contributed by atoms with Crippen molar-refractivity contribution in [3.63, 3.8) is 0 Å². The number of benzene rings is 3. The monoisotopic (exact) mass is 461 g/mol. The molecule has 0 unspecified atom stereocenters. The first-order valence-electron chi connectivity index (χ1n) is 9.15. The number of aromatic nitrogens is 2. The van der Waals surface area contributed by atoms with E-state index in [2.05, 4.69) is 20.9 Å². The summed E-state index contributed by atoms with van der Waals surface area (Å²) in [4.78, 5) is 29.0. The molecule has 0 saturated carbocycles. The molecule has 0 bridgehead atoms. The number of hydrogen-bond acceptors (Lipinski definition) is 4. The highest BCUT2D eigenvalue weighted by atomic mass is 79.9. The van der Waals surface area contributed by atoms with E-state index in [4.69, 9.17) is 0 Å². The summed E-state index contributed by atoms with van der Waals surface area (Å²) < 4.78 is 2.32. The van der Waals surface area contributed by atoms with Crippen LogP contribution >= 0.6 is 15.9 Å². The third kappa shape index (κ3) is 3.67. The largest absolute Gasteiger partial charge is 0.276 e. The summed E-state index contributed by atoms with van der Waals surface area (Å²) in [7, 11) is 0. The summed E-state index contributed by atoms with van der Waals surface area (Å²) in [6.45, 7) is 1.92. The number of para-hydroxylation sites is 2. The highest BCUT2D eigenvalue weighted by molar-refractivity contribution is 9.10. The van der Waals surface area contributed by atoms with Gasteiger partial charge in [-0.2, -0.15) is 0 Å². The fraction of sp³-hybridized carbons (Fsp3) is 0.0435. The van der Waals surface area contributed by atoms with Crippen LogP contribution in [0.5, 0.6) is 0 Å². The molecule has 6 nitrogen and oxygen atoms in total. The molecular weight excluding hydrogens is 446 g/mol. The van der Waals surface area contributed by atoms with Crippen LogP contribution in [0.15, 0.2) is 76.0 Å². The summed E-state index contributed by atoms with van der Waals surface area (Å²) >= 11 is 3.41. The quantitative estimate of drug-likeness (QED) is 0.295. The Labute approximate surface area is 180 Å². The Morgan fingerprint density at radius 3 is 2.53 bits per heavy atom. The zero-order valence-electron chi connectivity index (χ0n) is 15.9. The van der Waals surface area contributed by atoms with Crippen LogP contribution in [-0.4, -0.2) is 14.5 Å². The summed E-state index contributed by atoms with van der Waals surface area (Å²) in [5.41, 5.74) is 2.38. The van der Waals surface area contributed by atoms with Crippen molar-refractivity contribution in [1.29, 1.82) is 0 Å². The van der Waals surface area contributed by atoms with Gasteiger partial charge in [0, 0.05) is 10.5 Å². The zero-order chi connectivity index (χ0) is 21.3. The Balaban J connectivity index is 1.99. The smallest absolute Gasteiger partial charge is 0.268 e. The molecule has 0 aliphatic heterocycles. The van der Waals surface area contributed by atoms with Crippen LogP contribution in [0.2, 0.25) is 0 Å². The molecule has 0 spiro atoms. The highest BCUT2D eigenvalue weighted by Gasteiger charge is 2.14. The summed E-state index contributed by atoms with van der Waals surface area (Å²) in [6.07, 6.45) is 3.25. The van der Waals surface area contributed by atoms with Gasteiger partial charge in [0.1, 0.15) is 5.82 Å². The lowest BCUT2D eigenvalue weighted by Gasteiger charge is -2.13. The predicted molar refractivity (Wildman–Crippen MR) is 122 cm³/mol. The maximum atomic E-state index is 13.4. The minimum Gasteiger partial charge on any atom is -0.268 e. The van der Waals surface area contributed by atoms with Crippen molar-refractivity contribution in [2.24, 2.45) is 0 Å². The van der Waals surface area contributed by atoms with E-state index in [1.165, 1.54) is 10.6 Å². The van der Waals surface area contributed by atoms with Crippen LogP contribution < -0.4 is 5.56 Å². The fourth-order valence-electron chi connectivity index (χ4n) is 3.29. The van der Waals surface area contributed by atoms with E-state index in [-0.39, 0.29) is 11.2 Å². The van der Waals surface area contributed by atoms with Crippen molar-refractivity contribution in [3.8, 4) is 5.69 Å². The predicted octanol–water partition coefficient (Wildman–Crippen LogP) is 5.54. The number of hydrogen-bond donors (Lipinski definition) is 0. The number of fused-ring (bicyclic) bond motifs is 1. The topological polar surface area (TPSA) is 78.0 Å².